The quantitative estimate of drug-likeness (QED) is 0.698. The van der Waals surface area contributed by atoms with E-state index >= 15 is 0 Å². The molecule has 1 N–H and O–H groups in total. The van der Waals surface area contributed by atoms with Crippen LogP contribution in [0.5, 0.6) is 11.5 Å². The molecular weight excluding hydrogens is 320 g/mol. The molecule has 0 heterocycles. The molecule has 0 amide bonds. The van der Waals surface area contributed by atoms with E-state index in [0.717, 1.165) is 42.0 Å². The standard InChI is InChI=1S/C15H25BrN2O2/c1-5-17-11-12-9-13(16)15(14(10-12)19-4)20-8-6-7-18(2)3/h9-10,17H,5-8,11H2,1-4H3. The van der Waals surface area contributed by atoms with E-state index in [1.807, 2.05) is 6.07 Å². The molecular formula is C15H25BrN2O2. The lowest BCUT2D eigenvalue weighted by Crippen LogP contribution is -2.16. The van der Waals surface area contributed by atoms with Gasteiger partial charge in [0, 0.05) is 13.1 Å². The van der Waals surface area contributed by atoms with E-state index in [0.29, 0.717) is 6.61 Å². The van der Waals surface area contributed by atoms with Gasteiger partial charge in [-0.25, -0.2) is 0 Å². The van der Waals surface area contributed by atoms with Crippen molar-refractivity contribution in [3.63, 3.8) is 0 Å². The van der Waals surface area contributed by atoms with Gasteiger partial charge in [-0.2, -0.15) is 0 Å². The summed E-state index contributed by atoms with van der Waals surface area (Å²) in [5.41, 5.74) is 1.18. The van der Waals surface area contributed by atoms with Gasteiger partial charge in [-0.15, -0.1) is 0 Å². The van der Waals surface area contributed by atoms with Crippen LogP contribution in [-0.4, -0.2) is 45.8 Å². The fraction of sp³-hybridized carbons (Fsp3) is 0.600. The molecule has 0 bridgehead atoms. The zero-order chi connectivity index (χ0) is 15.0. The van der Waals surface area contributed by atoms with E-state index in [9.17, 15) is 0 Å². The normalized spacial score (nSPS) is 10.9. The Morgan fingerprint density at radius 2 is 2.05 bits per heavy atom. The Kier molecular flexibility index (Phi) is 7.95. The molecule has 0 saturated heterocycles. The second-order valence-corrected chi connectivity index (χ2v) is 5.75. The van der Waals surface area contributed by atoms with Gasteiger partial charge in [0.15, 0.2) is 11.5 Å². The Morgan fingerprint density at radius 1 is 1.30 bits per heavy atom. The summed E-state index contributed by atoms with van der Waals surface area (Å²) in [6, 6.07) is 4.10. The van der Waals surface area contributed by atoms with Crippen molar-refractivity contribution in [1.82, 2.24) is 10.2 Å². The van der Waals surface area contributed by atoms with Crippen molar-refractivity contribution < 1.29 is 9.47 Å². The van der Waals surface area contributed by atoms with Crippen LogP contribution >= 0.6 is 15.9 Å². The van der Waals surface area contributed by atoms with E-state index in [-0.39, 0.29) is 0 Å². The number of ether oxygens (including phenoxy) is 2. The predicted octanol–water partition coefficient (Wildman–Crippen LogP) is 2.90. The number of benzene rings is 1. The topological polar surface area (TPSA) is 33.7 Å². The molecule has 0 fully saturated rings. The maximum atomic E-state index is 5.85. The van der Waals surface area contributed by atoms with Crippen molar-refractivity contribution >= 4 is 15.9 Å². The number of halogens is 1. The number of nitrogens with one attached hydrogen (secondary N) is 1. The van der Waals surface area contributed by atoms with Crippen LogP contribution in [0.25, 0.3) is 0 Å². The summed E-state index contributed by atoms with van der Waals surface area (Å²) in [6.07, 6.45) is 0.988. The first kappa shape index (κ1) is 17.3. The second-order valence-electron chi connectivity index (χ2n) is 4.89. The van der Waals surface area contributed by atoms with Gasteiger partial charge in [0.05, 0.1) is 18.2 Å². The highest BCUT2D eigenvalue weighted by molar-refractivity contribution is 9.10. The molecule has 20 heavy (non-hydrogen) atoms. The first-order valence-electron chi connectivity index (χ1n) is 6.93. The van der Waals surface area contributed by atoms with Crippen molar-refractivity contribution in [3.8, 4) is 11.5 Å². The molecule has 0 aliphatic rings. The molecule has 1 aromatic rings. The molecule has 0 saturated carbocycles. The van der Waals surface area contributed by atoms with Gasteiger partial charge in [-0.3, -0.25) is 0 Å². The smallest absolute Gasteiger partial charge is 0.175 e. The van der Waals surface area contributed by atoms with Crippen LogP contribution in [0.2, 0.25) is 0 Å². The molecule has 1 aromatic carbocycles. The Labute approximate surface area is 130 Å². The van der Waals surface area contributed by atoms with Crippen LogP contribution in [0.4, 0.5) is 0 Å². The first-order valence-corrected chi connectivity index (χ1v) is 7.72. The van der Waals surface area contributed by atoms with Crippen LogP contribution in [0.1, 0.15) is 18.9 Å². The summed E-state index contributed by atoms with van der Waals surface area (Å²) in [5.74, 6) is 1.56. The zero-order valence-electron chi connectivity index (χ0n) is 12.8. The molecule has 0 aromatic heterocycles. The maximum Gasteiger partial charge on any atom is 0.175 e. The molecule has 0 spiro atoms. The summed E-state index contributed by atoms with van der Waals surface area (Å²) in [6.45, 7) is 5.56. The minimum absolute atomic E-state index is 0.680. The highest BCUT2D eigenvalue weighted by atomic mass is 79.9. The Morgan fingerprint density at radius 3 is 2.65 bits per heavy atom. The third-order valence-corrected chi connectivity index (χ3v) is 3.45. The van der Waals surface area contributed by atoms with Crippen LogP contribution in [0, 0.1) is 0 Å². The highest BCUT2D eigenvalue weighted by Crippen LogP contribution is 2.36. The van der Waals surface area contributed by atoms with Crippen LogP contribution in [0.3, 0.4) is 0 Å². The van der Waals surface area contributed by atoms with Crippen molar-refractivity contribution in [3.05, 3.63) is 22.2 Å². The average Bonchev–Trinajstić information content (AvgIpc) is 2.42. The number of rotatable bonds is 9. The maximum absolute atomic E-state index is 5.85. The number of nitrogens with zero attached hydrogens (tertiary/aromatic N) is 1. The molecule has 0 unspecified atom stereocenters. The van der Waals surface area contributed by atoms with Gasteiger partial charge in [0.1, 0.15) is 0 Å². The van der Waals surface area contributed by atoms with E-state index in [1.165, 1.54) is 5.56 Å². The summed E-state index contributed by atoms with van der Waals surface area (Å²) >= 11 is 3.57. The minimum Gasteiger partial charge on any atom is -0.493 e. The molecule has 0 radical (unpaired) electrons. The fourth-order valence-electron chi connectivity index (χ4n) is 1.84. The van der Waals surface area contributed by atoms with E-state index < -0.39 is 0 Å². The van der Waals surface area contributed by atoms with E-state index in [4.69, 9.17) is 9.47 Å². The molecule has 0 aliphatic heterocycles. The number of hydrogen-bond acceptors (Lipinski definition) is 4. The Balaban J connectivity index is 2.69. The van der Waals surface area contributed by atoms with Crippen molar-refractivity contribution in [2.75, 3.05) is 40.9 Å². The monoisotopic (exact) mass is 344 g/mol. The van der Waals surface area contributed by atoms with Gasteiger partial charge in [0.25, 0.3) is 0 Å². The Bertz CT molecular complexity index is 411. The molecule has 5 heteroatoms. The van der Waals surface area contributed by atoms with Crippen LogP contribution in [-0.2, 0) is 6.54 Å². The van der Waals surface area contributed by atoms with Crippen molar-refractivity contribution in [1.29, 1.82) is 0 Å². The predicted molar refractivity (Wildman–Crippen MR) is 86.7 cm³/mol. The van der Waals surface area contributed by atoms with E-state index in [2.05, 4.69) is 53.2 Å². The lowest BCUT2D eigenvalue weighted by atomic mass is 10.2. The average molecular weight is 345 g/mol. The minimum atomic E-state index is 0.680. The number of methoxy groups -OCH3 is 1. The summed E-state index contributed by atoms with van der Waals surface area (Å²) in [5, 5.41) is 3.30. The van der Waals surface area contributed by atoms with Crippen molar-refractivity contribution in [2.24, 2.45) is 0 Å². The molecule has 0 atom stereocenters. The highest BCUT2D eigenvalue weighted by Gasteiger charge is 2.11. The summed E-state index contributed by atoms with van der Waals surface area (Å²) in [7, 11) is 5.80. The van der Waals surface area contributed by atoms with Gasteiger partial charge in [-0.05, 0) is 60.7 Å². The molecule has 4 nitrogen and oxygen atoms in total. The molecule has 114 valence electrons. The third kappa shape index (κ3) is 5.69. The Hall–Kier alpha value is -0.780. The zero-order valence-corrected chi connectivity index (χ0v) is 14.4. The third-order valence-electron chi connectivity index (χ3n) is 2.86. The molecule has 0 aliphatic carbocycles. The molecule has 1 rings (SSSR count). The van der Waals surface area contributed by atoms with Gasteiger partial charge >= 0.3 is 0 Å². The summed E-state index contributed by atoms with van der Waals surface area (Å²) < 4.78 is 12.2. The van der Waals surface area contributed by atoms with E-state index in [1.54, 1.807) is 7.11 Å². The lowest BCUT2D eigenvalue weighted by Gasteiger charge is -2.15. The van der Waals surface area contributed by atoms with Crippen LogP contribution in [0.15, 0.2) is 16.6 Å². The second kappa shape index (κ2) is 9.21. The SMILES string of the molecule is CCNCc1cc(Br)c(OCCCN(C)C)c(OC)c1. The van der Waals surface area contributed by atoms with Crippen molar-refractivity contribution in [2.45, 2.75) is 19.9 Å². The largest absolute Gasteiger partial charge is 0.493 e. The fourth-order valence-corrected chi connectivity index (χ4v) is 2.44. The van der Waals surface area contributed by atoms with Gasteiger partial charge in [-0.1, -0.05) is 6.92 Å². The lowest BCUT2D eigenvalue weighted by molar-refractivity contribution is 0.266. The number of hydrogen-bond donors (Lipinski definition) is 1. The van der Waals surface area contributed by atoms with Gasteiger partial charge in [0.2, 0.25) is 0 Å². The first-order chi connectivity index (χ1) is 9.58. The summed E-state index contributed by atoms with van der Waals surface area (Å²) in [4.78, 5) is 2.15. The van der Waals surface area contributed by atoms with Gasteiger partial charge < -0.3 is 19.7 Å². The van der Waals surface area contributed by atoms with Crippen LogP contribution < -0.4 is 14.8 Å².